The van der Waals surface area contributed by atoms with E-state index in [1.165, 1.54) is 6.42 Å². The van der Waals surface area contributed by atoms with Gasteiger partial charge in [-0.3, -0.25) is 9.59 Å². The molecule has 0 aromatic carbocycles. The monoisotopic (exact) mass is 294 g/mol. The lowest BCUT2D eigenvalue weighted by Crippen LogP contribution is -2.48. The van der Waals surface area contributed by atoms with Crippen molar-refractivity contribution in [2.45, 2.75) is 64.8 Å². The largest absolute Gasteiger partial charge is 0.369 e. The molecule has 1 aliphatic rings. The first-order valence-electron chi connectivity index (χ1n) is 7.97. The van der Waals surface area contributed by atoms with Crippen molar-refractivity contribution in [1.82, 2.24) is 5.32 Å². The van der Waals surface area contributed by atoms with E-state index < -0.39 is 5.92 Å². The summed E-state index contributed by atoms with van der Waals surface area (Å²) in [5, 5.41) is 3.01. The van der Waals surface area contributed by atoms with Crippen LogP contribution < -0.4 is 11.1 Å². The third-order valence-electron chi connectivity index (χ3n) is 4.18. The van der Waals surface area contributed by atoms with Crippen molar-refractivity contribution in [3.05, 3.63) is 12.7 Å². The molecule has 2 amide bonds. The van der Waals surface area contributed by atoms with E-state index in [0.29, 0.717) is 18.8 Å². The van der Waals surface area contributed by atoms with Gasteiger partial charge in [0, 0.05) is 17.4 Å². The molecule has 1 saturated carbocycles. The molecule has 1 fully saturated rings. The molecular formula is C17H30N2O2. The molecule has 0 saturated heterocycles. The molecule has 0 unspecified atom stereocenters. The molecule has 4 heteroatoms. The van der Waals surface area contributed by atoms with E-state index in [0.717, 1.165) is 19.3 Å². The number of amides is 2. The van der Waals surface area contributed by atoms with Crippen LogP contribution in [0.2, 0.25) is 0 Å². The summed E-state index contributed by atoms with van der Waals surface area (Å²) in [6.45, 7) is 9.55. The number of nitrogens with one attached hydrogen (secondary N) is 1. The average molecular weight is 294 g/mol. The lowest BCUT2D eigenvalue weighted by molar-refractivity contribution is -0.135. The van der Waals surface area contributed by atoms with Crippen LogP contribution in [0.4, 0.5) is 0 Å². The molecule has 0 aromatic heterocycles. The van der Waals surface area contributed by atoms with E-state index in [-0.39, 0.29) is 23.3 Å². The maximum absolute atomic E-state index is 12.6. The Morgan fingerprint density at radius 3 is 2.33 bits per heavy atom. The van der Waals surface area contributed by atoms with Crippen LogP contribution in [0.25, 0.3) is 0 Å². The molecule has 0 radical (unpaired) electrons. The number of rotatable bonds is 8. The lowest BCUT2D eigenvalue weighted by atomic mass is 9.73. The fourth-order valence-electron chi connectivity index (χ4n) is 2.84. The maximum atomic E-state index is 12.6. The van der Waals surface area contributed by atoms with Crippen LogP contribution >= 0.6 is 0 Å². The predicted octanol–water partition coefficient (Wildman–Crippen LogP) is 2.78. The van der Waals surface area contributed by atoms with Gasteiger partial charge in [-0.05, 0) is 46.0 Å². The minimum absolute atomic E-state index is 0.0396. The van der Waals surface area contributed by atoms with Crippen LogP contribution in [0.3, 0.4) is 0 Å². The molecule has 1 aliphatic carbocycles. The Labute approximate surface area is 128 Å². The standard InChI is InChI=1S/C17H30N2O2/c1-5-6-10-13(15(18)20)14(11-12-8-7-9-12)16(21)19-17(2,3)4/h5,12-14H,1,6-11H2,2-4H3,(H2,18,20)(H,19,21)/t13-,14+/m0/s1. The zero-order chi connectivity index (χ0) is 16.0. The van der Waals surface area contributed by atoms with Gasteiger partial charge in [0.15, 0.2) is 0 Å². The molecule has 0 heterocycles. The zero-order valence-corrected chi connectivity index (χ0v) is 13.7. The average Bonchev–Trinajstić information content (AvgIpc) is 2.28. The van der Waals surface area contributed by atoms with Crippen LogP contribution in [0, 0.1) is 17.8 Å². The van der Waals surface area contributed by atoms with Gasteiger partial charge >= 0.3 is 0 Å². The molecule has 0 spiro atoms. The van der Waals surface area contributed by atoms with Crippen LogP contribution in [0.1, 0.15) is 59.3 Å². The summed E-state index contributed by atoms with van der Waals surface area (Å²) in [7, 11) is 0. The molecule has 4 nitrogen and oxygen atoms in total. The Kier molecular flexibility index (Phi) is 6.43. The van der Waals surface area contributed by atoms with E-state index in [2.05, 4.69) is 11.9 Å². The topological polar surface area (TPSA) is 72.2 Å². The number of hydrogen-bond donors (Lipinski definition) is 2. The fraction of sp³-hybridized carbons (Fsp3) is 0.765. The molecule has 0 aliphatic heterocycles. The van der Waals surface area contributed by atoms with Gasteiger partial charge in [0.1, 0.15) is 0 Å². The number of carbonyl (C=O) groups excluding carboxylic acids is 2. The van der Waals surface area contributed by atoms with Gasteiger partial charge in [-0.25, -0.2) is 0 Å². The Balaban J connectivity index is 2.83. The molecule has 21 heavy (non-hydrogen) atoms. The van der Waals surface area contributed by atoms with E-state index in [1.807, 2.05) is 20.8 Å². The highest BCUT2D eigenvalue weighted by molar-refractivity contribution is 5.87. The third-order valence-corrected chi connectivity index (χ3v) is 4.18. The normalized spacial score (nSPS) is 18.4. The van der Waals surface area contributed by atoms with Crippen LogP contribution in [-0.4, -0.2) is 17.4 Å². The number of hydrogen-bond acceptors (Lipinski definition) is 2. The van der Waals surface area contributed by atoms with E-state index >= 15 is 0 Å². The highest BCUT2D eigenvalue weighted by Gasteiger charge is 2.36. The van der Waals surface area contributed by atoms with Gasteiger partial charge in [0.2, 0.25) is 11.8 Å². The third kappa shape index (κ3) is 5.90. The Hall–Kier alpha value is -1.32. The number of carbonyl (C=O) groups is 2. The number of primary amides is 1. The van der Waals surface area contributed by atoms with Crippen LogP contribution in [0.5, 0.6) is 0 Å². The minimum Gasteiger partial charge on any atom is -0.369 e. The van der Waals surface area contributed by atoms with Crippen molar-refractivity contribution in [2.75, 3.05) is 0 Å². The lowest BCUT2D eigenvalue weighted by Gasteiger charge is -2.34. The summed E-state index contributed by atoms with van der Waals surface area (Å²) in [6, 6.07) is 0. The van der Waals surface area contributed by atoms with Crippen molar-refractivity contribution in [3.8, 4) is 0 Å². The second-order valence-corrected chi connectivity index (χ2v) is 7.25. The first-order valence-corrected chi connectivity index (χ1v) is 7.97. The molecule has 3 N–H and O–H groups in total. The van der Waals surface area contributed by atoms with Crippen LogP contribution in [-0.2, 0) is 9.59 Å². The number of nitrogens with two attached hydrogens (primary N) is 1. The maximum Gasteiger partial charge on any atom is 0.224 e. The van der Waals surface area contributed by atoms with Crippen LogP contribution in [0.15, 0.2) is 12.7 Å². The van der Waals surface area contributed by atoms with Gasteiger partial charge < -0.3 is 11.1 Å². The van der Waals surface area contributed by atoms with Gasteiger partial charge in [-0.15, -0.1) is 6.58 Å². The highest BCUT2D eigenvalue weighted by Crippen LogP contribution is 2.36. The summed E-state index contributed by atoms with van der Waals surface area (Å²) in [4.78, 5) is 24.4. The highest BCUT2D eigenvalue weighted by atomic mass is 16.2. The Bertz CT molecular complexity index is 381. The fourth-order valence-corrected chi connectivity index (χ4v) is 2.84. The van der Waals surface area contributed by atoms with Gasteiger partial charge in [-0.1, -0.05) is 25.3 Å². The SMILES string of the molecule is C=CCC[C@H](C(N)=O)[C@@H](CC1CCC1)C(=O)NC(C)(C)C. The summed E-state index contributed by atoms with van der Waals surface area (Å²) >= 11 is 0. The molecule has 120 valence electrons. The first kappa shape index (κ1) is 17.7. The molecule has 0 bridgehead atoms. The minimum atomic E-state index is -0.397. The van der Waals surface area contributed by atoms with Crippen molar-refractivity contribution < 1.29 is 9.59 Å². The van der Waals surface area contributed by atoms with Gasteiger partial charge in [0.05, 0.1) is 0 Å². The quantitative estimate of drug-likeness (QED) is 0.676. The van der Waals surface area contributed by atoms with Crippen molar-refractivity contribution in [3.63, 3.8) is 0 Å². The van der Waals surface area contributed by atoms with Crippen molar-refractivity contribution >= 4 is 11.8 Å². The Morgan fingerprint density at radius 2 is 1.95 bits per heavy atom. The number of allylic oxidation sites excluding steroid dienone is 1. The Morgan fingerprint density at radius 1 is 1.33 bits per heavy atom. The van der Waals surface area contributed by atoms with Crippen molar-refractivity contribution in [1.29, 1.82) is 0 Å². The predicted molar refractivity (Wildman–Crippen MR) is 85.5 cm³/mol. The molecule has 1 rings (SSSR count). The molecular weight excluding hydrogens is 264 g/mol. The zero-order valence-electron chi connectivity index (χ0n) is 13.7. The van der Waals surface area contributed by atoms with E-state index in [4.69, 9.17) is 5.73 Å². The van der Waals surface area contributed by atoms with Crippen molar-refractivity contribution in [2.24, 2.45) is 23.5 Å². The van der Waals surface area contributed by atoms with Gasteiger partial charge in [0.25, 0.3) is 0 Å². The van der Waals surface area contributed by atoms with Gasteiger partial charge in [-0.2, -0.15) is 0 Å². The smallest absolute Gasteiger partial charge is 0.224 e. The summed E-state index contributed by atoms with van der Waals surface area (Å²) in [5.41, 5.74) is 5.27. The summed E-state index contributed by atoms with van der Waals surface area (Å²) in [5.74, 6) is -0.559. The summed E-state index contributed by atoms with van der Waals surface area (Å²) in [6.07, 6.45) is 7.40. The molecule has 2 atom stereocenters. The van der Waals surface area contributed by atoms with E-state index in [1.54, 1.807) is 6.08 Å². The first-order chi connectivity index (χ1) is 9.74. The van der Waals surface area contributed by atoms with E-state index in [9.17, 15) is 9.59 Å². The molecule has 0 aromatic rings. The second kappa shape index (κ2) is 7.62. The second-order valence-electron chi connectivity index (χ2n) is 7.25. The summed E-state index contributed by atoms with van der Waals surface area (Å²) < 4.78 is 0.